The first kappa shape index (κ1) is 27.5. The van der Waals surface area contributed by atoms with E-state index in [2.05, 4.69) is 30.6 Å². The molecule has 0 spiro atoms. The Labute approximate surface area is 220 Å². The fraction of sp³-hybridized carbons (Fsp3) is 0.679. The van der Waals surface area contributed by atoms with E-state index in [-0.39, 0.29) is 30.3 Å². The predicted molar refractivity (Wildman–Crippen MR) is 142 cm³/mol. The zero-order valence-electron chi connectivity index (χ0n) is 22.7. The van der Waals surface area contributed by atoms with Crippen molar-refractivity contribution in [2.75, 3.05) is 57.4 Å². The number of fused-ring (bicyclic) bond motifs is 1. The minimum atomic E-state index is -0.648. The first-order valence-electron chi connectivity index (χ1n) is 13.7. The summed E-state index contributed by atoms with van der Waals surface area (Å²) in [6.45, 7) is 13.8. The molecule has 0 radical (unpaired) electrons. The second kappa shape index (κ2) is 11.9. The third-order valence-electron chi connectivity index (χ3n) is 7.76. The Morgan fingerprint density at radius 1 is 1.16 bits per heavy atom. The van der Waals surface area contributed by atoms with Crippen LogP contribution in [0.3, 0.4) is 0 Å². The second-order valence-corrected chi connectivity index (χ2v) is 10.8. The molecular formula is C28H42N4O5. The molecule has 3 saturated heterocycles. The van der Waals surface area contributed by atoms with Gasteiger partial charge >= 0.3 is 0 Å². The lowest BCUT2D eigenvalue weighted by atomic mass is 9.85. The van der Waals surface area contributed by atoms with Crippen LogP contribution in [0.2, 0.25) is 0 Å². The van der Waals surface area contributed by atoms with E-state index < -0.39 is 24.0 Å². The first-order valence-corrected chi connectivity index (χ1v) is 13.7. The van der Waals surface area contributed by atoms with Crippen molar-refractivity contribution in [1.29, 1.82) is 0 Å². The molecule has 1 aromatic rings. The van der Waals surface area contributed by atoms with E-state index in [0.29, 0.717) is 30.7 Å². The number of carbonyl (C=O) groups is 3. The summed E-state index contributed by atoms with van der Waals surface area (Å²) >= 11 is 0. The molecule has 3 fully saturated rings. The SMILES string of the molecule is CCCN1CCN(c2ccc(C(N)=O)c([C@H](CC(C)C)C(=O)N3C[C@H](OCC)[C@H]4OCC(=O)[C@H]43)c2)CC1. The van der Waals surface area contributed by atoms with Gasteiger partial charge in [0.2, 0.25) is 11.8 Å². The zero-order valence-corrected chi connectivity index (χ0v) is 22.7. The fourth-order valence-electron chi connectivity index (χ4n) is 6.04. The van der Waals surface area contributed by atoms with Crippen LogP contribution in [0, 0.1) is 5.92 Å². The molecule has 9 heteroatoms. The predicted octanol–water partition coefficient (Wildman–Crippen LogP) is 2.03. The highest BCUT2D eigenvalue weighted by Crippen LogP contribution is 2.37. The summed E-state index contributed by atoms with van der Waals surface area (Å²) in [7, 11) is 0. The van der Waals surface area contributed by atoms with Crippen molar-refractivity contribution >= 4 is 23.3 Å². The molecule has 9 nitrogen and oxygen atoms in total. The smallest absolute Gasteiger partial charge is 0.249 e. The Kier molecular flexibility index (Phi) is 8.87. The molecule has 4 rings (SSSR count). The van der Waals surface area contributed by atoms with Gasteiger partial charge in [-0.2, -0.15) is 0 Å². The number of likely N-dealkylation sites (tertiary alicyclic amines) is 1. The lowest BCUT2D eigenvalue weighted by Gasteiger charge is -2.36. The van der Waals surface area contributed by atoms with Crippen LogP contribution in [0.25, 0.3) is 0 Å². The minimum absolute atomic E-state index is 0.0104. The van der Waals surface area contributed by atoms with Crippen LogP contribution in [0.15, 0.2) is 18.2 Å². The minimum Gasteiger partial charge on any atom is -0.374 e. The van der Waals surface area contributed by atoms with E-state index in [1.807, 2.05) is 19.1 Å². The molecule has 1 aromatic carbocycles. The highest BCUT2D eigenvalue weighted by Gasteiger charge is 2.53. The Bertz CT molecular complexity index is 991. The van der Waals surface area contributed by atoms with Gasteiger partial charge in [-0.05, 0) is 56.0 Å². The lowest BCUT2D eigenvalue weighted by molar-refractivity contribution is -0.138. The Morgan fingerprint density at radius 3 is 2.51 bits per heavy atom. The van der Waals surface area contributed by atoms with E-state index in [9.17, 15) is 14.4 Å². The number of amides is 2. The Hall–Kier alpha value is -2.49. The van der Waals surface area contributed by atoms with Gasteiger partial charge in [-0.1, -0.05) is 20.8 Å². The van der Waals surface area contributed by atoms with Gasteiger partial charge in [0.05, 0.1) is 12.5 Å². The summed E-state index contributed by atoms with van der Waals surface area (Å²) < 4.78 is 11.6. The molecule has 37 heavy (non-hydrogen) atoms. The van der Waals surface area contributed by atoms with Crippen molar-refractivity contribution in [3.05, 3.63) is 29.3 Å². The number of piperazine rings is 1. The Balaban J connectivity index is 1.66. The average Bonchev–Trinajstić information content (AvgIpc) is 3.43. The highest BCUT2D eigenvalue weighted by atomic mass is 16.6. The summed E-state index contributed by atoms with van der Waals surface area (Å²) in [4.78, 5) is 45.9. The van der Waals surface area contributed by atoms with Crippen molar-refractivity contribution in [2.45, 2.75) is 64.7 Å². The summed E-state index contributed by atoms with van der Waals surface area (Å²) in [6, 6.07) is 5.01. The fourth-order valence-corrected chi connectivity index (χ4v) is 6.04. The van der Waals surface area contributed by atoms with E-state index in [1.54, 1.807) is 11.0 Å². The number of anilines is 1. The van der Waals surface area contributed by atoms with Crippen LogP contribution >= 0.6 is 0 Å². The maximum Gasteiger partial charge on any atom is 0.249 e. The normalized spacial score (nSPS) is 25.1. The molecule has 3 heterocycles. The van der Waals surface area contributed by atoms with E-state index in [0.717, 1.165) is 44.8 Å². The Morgan fingerprint density at radius 2 is 1.89 bits per heavy atom. The molecule has 3 aliphatic heterocycles. The number of benzene rings is 1. The van der Waals surface area contributed by atoms with Crippen LogP contribution < -0.4 is 10.6 Å². The second-order valence-electron chi connectivity index (χ2n) is 10.8. The molecule has 204 valence electrons. The molecule has 0 bridgehead atoms. The highest BCUT2D eigenvalue weighted by molar-refractivity contribution is 5.99. The van der Waals surface area contributed by atoms with Gasteiger partial charge in [-0.15, -0.1) is 0 Å². The quantitative estimate of drug-likeness (QED) is 0.509. The summed E-state index contributed by atoms with van der Waals surface area (Å²) in [5, 5.41) is 0. The van der Waals surface area contributed by atoms with Crippen LogP contribution in [0.5, 0.6) is 0 Å². The number of hydrogen-bond donors (Lipinski definition) is 1. The number of Topliss-reactive ketones (excluding diaryl/α,β-unsaturated/α-hetero) is 1. The summed E-state index contributed by atoms with van der Waals surface area (Å²) in [5.74, 6) is -1.23. The number of primary amides is 1. The van der Waals surface area contributed by atoms with Gasteiger partial charge in [0, 0.05) is 44.0 Å². The number of ether oxygens (including phenoxy) is 2. The van der Waals surface area contributed by atoms with Crippen LogP contribution in [-0.4, -0.2) is 98.1 Å². The average molecular weight is 515 g/mol. The number of ketones is 1. The lowest BCUT2D eigenvalue weighted by Crippen LogP contribution is -2.46. The summed E-state index contributed by atoms with van der Waals surface area (Å²) in [5.41, 5.74) is 7.80. The van der Waals surface area contributed by atoms with Crippen LogP contribution in [0.1, 0.15) is 62.4 Å². The van der Waals surface area contributed by atoms with Gasteiger partial charge in [0.15, 0.2) is 5.78 Å². The van der Waals surface area contributed by atoms with E-state index in [4.69, 9.17) is 15.2 Å². The molecule has 2 N–H and O–H groups in total. The maximum atomic E-state index is 14.2. The first-order chi connectivity index (χ1) is 17.7. The van der Waals surface area contributed by atoms with Crippen molar-refractivity contribution in [2.24, 2.45) is 11.7 Å². The van der Waals surface area contributed by atoms with Crippen LogP contribution in [0.4, 0.5) is 5.69 Å². The van der Waals surface area contributed by atoms with Gasteiger partial charge in [0.25, 0.3) is 0 Å². The van der Waals surface area contributed by atoms with E-state index in [1.165, 1.54) is 0 Å². The number of hydrogen-bond acceptors (Lipinski definition) is 7. The summed E-state index contributed by atoms with van der Waals surface area (Å²) in [6.07, 6.45) is 0.880. The number of nitrogens with zero attached hydrogens (tertiary/aromatic N) is 3. The third-order valence-corrected chi connectivity index (χ3v) is 7.76. The number of rotatable bonds is 10. The zero-order chi connectivity index (χ0) is 26.7. The van der Waals surface area contributed by atoms with Crippen molar-refractivity contribution in [3.63, 3.8) is 0 Å². The third kappa shape index (κ3) is 5.84. The molecule has 4 atom stereocenters. The van der Waals surface area contributed by atoms with Gasteiger partial charge < -0.3 is 25.0 Å². The van der Waals surface area contributed by atoms with Crippen LogP contribution in [-0.2, 0) is 19.1 Å². The molecular weight excluding hydrogens is 472 g/mol. The van der Waals surface area contributed by atoms with Crippen molar-refractivity contribution in [1.82, 2.24) is 9.80 Å². The van der Waals surface area contributed by atoms with E-state index >= 15 is 0 Å². The molecule has 2 amide bonds. The largest absolute Gasteiger partial charge is 0.374 e. The van der Waals surface area contributed by atoms with Gasteiger partial charge in [0.1, 0.15) is 24.9 Å². The molecule has 0 aromatic heterocycles. The van der Waals surface area contributed by atoms with Gasteiger partial charge in [-0.3, -0.25) is 19.3 Å². The topological polar surface area (TPSA) is 105 Å². The van der Waals surface area contributed by atoms with Gasteiger partial charge in [-0.25, -0.2) is 0 Å². The van der Waals surface area contributed by atoms with Crippen molar-refractivity contribution < 1.29 is 23.9 Å². The standard InChI is InChI=1S/C28H42N4O5/c1-5-9-30-10-12-31(13-11-30)19-7-8-20(27(29)34)21(15-19)22(14-18(3)4)28(35)32-16-24(36-6-2)26-25(32)23(33)17-37-26/h7-8,15,18,22,24-26H,5-6,9-14,16-17H2,1-4H3,(H2,29,34)/t22-,24-,25+,26+/m0/s1. The maximum absolute atomic E-state index is 14.2. The molecule has 3 aliphatic rings. The van der Waals surface area contributed by atoms with Crippen molar-refractivity contribution in [3.8, 4) is 0 Å². The monoisotopic (exact) mass is 514 g/mol. The molecule has 0 unspecified atom stereocenters. The molecule has 0 saturated carbocycles. The number of nitrogens with two attached hydrogens (primary N) is 1. The number of carbonyl (C=O) groups excluding carboxylic acids is 3. The molecule has 0 aliphatic carbocycles.